The van der Waals surface area contributed by atoms with Gasteiger partial charge >= 0.3 is 8.25 Å². The van der Waals surface area contributed by atoms with Crippen LogP contribution in [0.3, 0.4) is 0 Å². The summed E-state index contributed by atoms with van der Waals surface area (Å²) in [5.74, 6) is 0. The summed E-state index contributed by atoms with van der Waals surface area (Å²) in [4.78, 5) is 7.86. The molecule has 0 rings (SSSR count). The van der Waals surface area contributed by atoms with Gasteiger partial charge in [0.1, 0.15) is 6.61 Å². The summed E-state index contributed by atoms with van der Waals surface area (Å²) in [6.45, 7) is 8.99. The van der Waals surface area contributed by atoms with Crippen molar-refractivity contribution >= 4 is 8.25 Å². The van der Waals surface area contributed by atoms with Crippen molar-refractivity contribution in [2.75, 3.05) is 33.0 Å². The molecule has 9 heteroatoms. The summed E-state index contributed by atoms with van der Waals surface area (Å²) in [7, 11) is -2.52. The molecule has 0 aliphatic carbocycles. The van der Waals surface area contributed by atoms with E-state index in [1.165, 1.54) is 0 Å². The molecule has 128 valence electrons. The predicted octanol–water partition coefficient (Wildman–Crippen LogP) is -0.310. The molecule has 0 fully saturated rings. The third-order valence-corrected chi connectivity index (χ3v) is 1.64. The molecular weight excluding hydrogens is 301 g/mol. The summed E-state index contributed by atoms with van der Waals surface area (Å²) < 4.78 is 13.6. The maximum atomic E-state index is 9.57. The molecule has 0 spiro atoms. The van der Waals surface area contributed by atoms with Gasteiger partial charge in [-0.3, -0.25) is 0 Å². The maximum absolute atomic E-state index is 9.57. The van der Waals surface area contributed by atoms with Crippen molar-refractivity contribution in [1.82, 2.24) is 0 Å². The molecule has 0 aliphatic heterocycles. The van der Waals surface area contributed by atoms with Crippen LogP contribution in [-0.2, 0) is 9.09 Å². The van der Waals surface area contributed by atoms with E-state index in [2.05, 4.69) is 17.7 Å². The van der Waals surface area contributed by atoms with Gasteiger partial charge in [-0.25, -0.2) is 0 Å². The Morgan fingerprint density at radius 1 is 1.10 bits per heavy atom. The minimum atomic E-state index is -2.52. The highest BCUT2D eigenvalue weighted by Gasteiger charge is 2.20. The molecule has 21 heavy (non-hydrogen) atoms. The van der Waals surface area contributed by atoms with Crippen molar-refractivity contribution in [2.24, 2.45) is 5.73 Å². The first-order valence-corrected chi connectivity index (χ1v) is 7.07. The summed E-state index contributed by atoms with van der Waals surface area (Å²) in [6, 6.07) is 0. The monoisotopic (exact) mass is 330 g/mol. The molecule has 0 bridgehead atoms. The third kappa shape index (κ3) is 38.2. The second-order valence-corrected chi connectivity index (χ2v) is 4.18. The predicted molar refractivity (Wildman–Crippen MR) is 82.8 cm³/mol. The van der Waals surface area contributed by atoms with E-state index in [9.17, 15) is 4.57 Å². The second kappa shape index (κ2) is 24.3. The van der Waals surface area contributed by atoms with Crippen LogP contribution in [-0.4, -0.2) is 63.9 Å². The summed E-state index contributed by atoms with van der Waals surface area (Å²) >= 11 is 0. The molecule has 0 radical (unpaired) electrons. The van der Waals surface area contributed by atoms with Crippen molar-refractivity contribution in [1.29, 1.82) is 0 Å². The van der Waals surface area contributed by atoms with E-state index in [-0.39, 0.29) is 13.2 Å². The Kier molecular flexibility index (Phi) is 33.0. The Hall–Kier alpha value is -0.700. The van der Waals surface area contributed by atoms with Crippen molar-refractivity contribution in [3.8, 4) is 0 Å². The van der Waals surface area contributed by atoms with Gasteiger partial charge in [0.05, 0.1) is 32.0 Å². The summed E-state index contributed by atoms with van der Waals surface area (Å²) in [6.07, 6.45) is 3.50. The quantitative estimate of drug-likeness (QED) is 0.286. The number of hydrogen-bond acceptors (Lipinski definition) is 7. The van der Waals surface area contributed by atoms with Gasteiger partial charge in [-0.15, -0.1) is 22.6 Å². The van der Waals surface area contributed by atoms with Crippen molar-refractivity contribution < 1.29 is 34.4 Å². The molecule has 0 aliphatic rings. The van der Waals surface area contributed by atoms with E-state index in [4.69, 9.17) is 31.1 Å². The molecule has 1 atom stereocenters. The van der Waals surface area contributed by atoms with Crippen LogP contribution in [0, 0.1) is 0 Å². The van der Waals surface area contributed by atoms with E-state index in [1.807, 2.05) is 13.8 Å². The average Bonchev–Trinajstić information content (AvgIpc) is 2.46. The Balaban J connectivity index is -0.000000101. The van der Waals surface area contributed by atoms with Crippen LogP contribution >= 0.6 is 8.25 Å². The molecule has 0 saturated carbocycles. The van der Waals surface area contributed by atoms with Crippen molar-refractivity contribution in [2.45, 2.75) is 19.4 Å². The number of aliphatic hydroxyl groups is 4. The first-order valence-electron chi connectivity index (χ1n) is 5.94. The smallest absolute Gasteiger partial charge is 0.394 e. The molecule has 0 aromatic carbocycles. The van der Waals surface area contributed by atoms with Gasteiger partial charge in [0.15, 0.2) is 0 Å². The Labute approximate surface area is 127 Å². The van der Waals surface area contributed by atoms with Gasteiger partial charge in [0.2, 0.25) is 0 Å². The lowest BCUT2D eigenvalue weighted by Crippen LogP contribution is -2.50. The summed E-state index contributed by atoms with van der Waals surface area (Å²) in [5.41, 5.74) is 3.94. The fourth-order valence-corrected chi connectivity index (χ4v) is 0.507. The van der Waals surface area contributed by atoms with Gasteiger partial charge in [-0.2, -0.15) is 0 Å². The SMILES string of the molecule is C=CC.C=CC.NC(CO)(CO)CO.O=[P+](O)OCCO. The van der Waals surface area contributed by atoms with Gasteiger partial charge in [0, 0.05) is 4.57 Å². The molecule has 0 aromatic rings. The van der Waals surface area contributed by atoms with Crippen LogP contribution in [0.25, 0.3) is 0 Å². The van der Waals surface area contributed by atoms with Gasteiger partial charge in [-0.05, 0) is 13.8 Å². The zero-order valence-electron chi connectivity index (χ0n) is 12.7. The van der Waals surface area contributed by atoms with Gasteiger partial charge in [-0.1, -0.05) is 12.2 Å². The highest BCUT2D eigenvalue weighted by molar-refractivity contribution is 7.32. The largest absolute Gasteiger partial charge is 0.694 e. The van der Waals surface area contributed by atoms with E-state index in [0.717, 1.165) is 0 Å². The Morgan fingerprint density at radius 3 is 1.43 bits per heavy atom. The number of allylic oxidation sites excluding steroid dienone is 2. The lowest BCUT2D eigenvalue weighted by molar-refractivity contribution is 0.0697. The first-order chi connectivity index (χ1) is 9.78. The zero-order valence-corrected chi connectivity index (χ0v) is 13.6. The maximum Gasteiger partial charge on any atom is 0.694 e. The van der Waals surface area contributed by atoms with Crippen molar-refractivity contribution in [3.63, 3.8) is 0 Å². The molecule has 1 unspecified atom stereocenters. The fourth-order valence-electron chi connectivity index (χ4n) is 0.269. The minimum Gasteiger partial charge on any atom is -0.394 e. The lowest BCUT2D eigenvalue weighted by atomic mass is 10.1. The highest BCUT2D eigenvalue weighted by Crippen LogP contribution is 2.12. The minimum absolute atomic E-state index is 0.0777. The molecule has 0 amide bonds. The van der Waals surface area contributed by atoms with Crippen molar-refractivity contribution in [3.05, 3.63) is 25.3 Å². The number of rotatable bonds is 6. The van der Waals surface area contributed by atoms with E-state index < -0.39 is 33.6 Å². The van der Waals surface area contributed by atoms with E-state index in [1.54, 1.807) is 12.2 Å². The van der Waals surface area contributed by atoms with Gasteiger partial charge < -0.3 is 26.2 Å². The van der Waals surface area contributed by atoms with Crippen LogP contribution in [0.5, 0.6) is 0 Å². The number of nitrogens with two attached hydrogens (primary N) is 1. The van der Waals surface area contributed by atoms with Gasteiger partial charge in [0.25, 0.3) is 0 Å². The zero-order chi connectivity index (χ0) is 17.7. The molecule has 0 saturated heterocycles. The van der Waals surface area contributed by atoms with E-state index >= 15 is 0 Å². The highest BCUT2D eigenvalue weighted by atomic mass is 31.1. The molecule has 8 nitrogen and oxygen atoms in total. The first kappa shape index (κ1) is 28.5. The third-order valence-electron chi connectivity index (χ3n) is 1.24. The van der Waals surface area contributed by atoms with E-state index in [0.29, 0.717) is 0 Å². The molecular formula is C12H29NO7P+. The van der Waals surface area contributed by atoms with Crippen LogP contribution in [0.2, 0.25) is 0 Å². The average molecular weight is 330 g/mol. The fraction of sp³-hybridized carbons (Fsp3) is 0.667. The number of hydrogen-bond donors (Lipinski definition) is 6. The number of aliphatic hydroxyl groups excluding tert-OH is 4. The standard InChI is InChI=1S/C4H11NO3.2C3H6.C2H5O4P/c5-4(1-6,2-7)3-8;2*1-3-2;3-1-2-6-7(4)5/h6-8H,1-3,5H2;2*3H,1H2,2H3;3H,1-2H2/p+1. The molecule has 0 aromatic heterocycles. The Bertz CT molecular complexity index is 221. The van der Waals surface area contributed by atoms with Crippen LogP contribution < -0.4 is 5.73 Å². The molecule has 0 heterocycles. The topological polar surface area (TPSA) is 153 Å². The molecule has 7 N–H and O–H groups in total. The second-order valence-electron chi connectivity index (χ2n) is 3.45. The van der Waals surface area contributed by atoms with Crippen LogP contribution in [0.1, 0.15) is 13.8 Å². The van der Waals surface area contributed by atoms with Crippen LogP contribution in [0.4, 0.5) is 0 Å². The van der Waals surface area contributed by atoms with Crippen LogP contribution in [0.15, 0.2) is 25.3 Å². The normalized spacial score (nSPS) is 9.62. The Morgan fingerprint density at radius 2 is 1.38 bits per heavy atom. The summed E-state index contributed by atoms with van der Waals surface area (Å²) in [5, 5.41) is 33.0. The lowest BCUT2D eigenvalue weighted by Gasteiger charge is -2.20.